The molecule has 0 bridgehead atoms. The van der Waals surface area contributed by atoms with Crippen molar-refractivity contribution in [3.05, 3.63) is 17.0 Å². The largest absolute Gasteiger partial charge is 0.418 e. The number of nitrogens with zero attached hydrogens (tertiary/aromatic N) is 1. The van der Waals surface area contributed by atoms with Crippen molar-refractivity contribution in [2.45, 2.75) is 26.1 Å². The maximum atomic E-state index is 12.1. The molecular formula is C7H8F3NO2. The minimum Gasteiger partial charge on any atom is -0.379 e. The maximum absolute atomic E-state index is 12.1. The highest BCUT2D eigenvalue weighted by Crippen LogP contribution is 2.35. The number of halogens is 3. The van der Waals surface area contributed by atoms with E-state index in [-0.39, 0.29) is 17.0 Å². The molecule has 13 heavy (non-hydrogen) atoms. The summed E-state index contributed by atoms with van der Waals surface area (Å²) in [5.41, 5.74) is -0.241. The van der Waals surface area contributed by atoms with Crippen molar-refractivity contribution in [3.8, 4) is 0 Å². The summed E-state index contributed by atoms with van der Waals surface area (Å²) in [5, 5.41) is 12.2. The van der Waals surface area contributed by atoms with Gasteiger partial charge in [-0.15, -0.1) is 0 Å². The molecule has 1 N–H and O–H groups in total. The van der Waals surface area contributed by atoms with Gasteiger partial charge < -0.3 is 9.63 Å². The lowest BCUT2D eigenvalue weighted by molar-refractivity contribution is -0.207. The fourth-order valence-electron chi connectivity index (χ4n) is 1.04. The van der Waals surface area contributed by atoms with Crippen LogP contribution in [0.1, 0.15) is 23.1 Å². The van der Waals surface area contributed by atoms with Crippen LogP contribution in [0.5, 0.6) is 0 Å². The fraction of sp³-hybridized carbons (Fsp3) is 0.571. The molecule has 1 aromatic heterocycles. The van der Waals surface area contributed by atoms with Gasteiger partial charge in [0, 0.05) is 0 Å². The highest BCUT2D eigenvalue weighted by molar-refractivity contribution is 5.24. The van der Waals surface area contributed by atoms with Crippen molar-refractivity contribution in [1.29, 1.82) is 0 Å². The van der Waals surface area contributed by atoms with Gasteiger partial charge in [-0.3, -0.25) is 0 Å². The molecule has 1 heterocycles. The van der Waals surface area contributed by atoms with Gasteiger partial charge in [-0.25, -0.2) is 0 Å². The van der Waals surface area contributed by atoms with Crippen LogP contribution in [0.3, 0.4) is 0 Å². The second-order valence-corrected chi connectivity index (χ2v) is 2.68. The van der Waals surface area contributed by atoms with Gasteiger partial charge in [0.05, 0.1) is 11.3 Å². The molecule has 0 unspecified atom stereocenters. The van der Waals surface area contributed by atoms with Gasteiger partial charge in [-0.05, 0) is 13.8 Å². The van der Waals surface area contributed by atoms with E-state index in [1.165, 1.54) is 13.8 Å². The molecule has 1 aromatic rings. The maximum Gasteiger partial charge on any atom is 0.418 e. The van der Waals surface area contributed by atoms with Crippen molar-refractivity contribution in [2.75, 3.05) is 0 Å². The van der Waals surface area contributed by atoms with Crippen LogP contribution in [0, 0.1) is 13.8 Å². The monoisotopic (exact) mass is 195 g/mol. The van der Waals surface area contributed by atoms with Crippen LogP contribution in [0.2, 0.25) is 0 Å². The summed E-state index contributed by atoms with van der Waals surface area (Å²) in [7, 11) is 0. The minimum atomic E-state index is -4.68. The fourth-order valence-corrected chi connectivity index (χ4v) is 1.04. The van der Waals surface area contributed by atoms with E-state index in [0.29, 0.717) is 0 Å². The van der Waals surface area contributed by atoms with Gasteiger partial charge in [0.2, 0.25) is 0 Å². The first-order valence-electron chi connectivity index (χ1n) is 3.51. The summed E-state index contributed by atoms with van der Waals surface area (Å²) in [5.74, 6) is -0.0117. The van der Waals surface area contributed by atoms with Crippen molar-refractivity contribution in [2.24, 2.45) is 0 Å². The average Bonchev–Trinajstić information content (AvgIpc) is 2.28. The van der Waals surface area contributed by atoms with Crippen molar-refractivity contribution in [1.82, 2.24) is 5.16 Å². The lowest BCUT2D eigenvalue weighted by Gasteiger charge is -2.13. The van der Waals surface area contributed by atoms with Crippen LogP contribution in [0.4, 0.5) is 13.2 Å². The zero-order valence-corrected chi connectivity index (χ0v) is 7.01. The van der Waals surface area contributed by atoms with Gasteiger partial charge in [-0.1, -0.05) is 5.16 Å². The lowest BCUT2D eigenvalue weighted by atomic mass is 10.1. The summed E-state index contributed by atoms with van der Waals surface area (Å²) in [6.07, 6.45) is -7.19. The normalized spacial score (nSPS) is 14.6. The molecule has 0 aliphatic heterocycles. The van der Waals surface area contributed by atoms with E-state index < -0.39 is 12.3 Å². The second kappa shape index (κ2) is 3.02. The lowest BCUT2D eigenvalue weighted by Crippen LogP contribution is -2.21. The van der Waals surface area contributed by atoms with Crippen LogP contribution in [0.15, 0.2) is 4.52 Å². The zero-order chi connectivity index (χ0) is 10.2. The van der Waals surface area contributed by atoms with Crippen molar-refractivity contribution < 1.29 is 22.8 Å². The van der Waals surface area contributed by atoms with Gasteiger partial charge in [0.1, 0.15) is 5.76 Å². The highest BCUT2D eigenvalue weighted by Gasteiger charge is 2.42. The molecule has 0 amide bonds. The average molecular weight is 195 g/mol. The van der Waals surface area contributed by atoms with Gasteiger partial charge >= 0.3 is 6.18 Å². The summed E-state index contributed by atoms with van der Waals surface area (Å²) in [6.45, 7) is 2.67. The first-order chi connectivity index (χ1) is 5.84. The third-order valence-corrected chi connectivity index (χ3v) is 1.67. The number of rotatable bonds is 1. The smallest absolute Gasteiger partial charge is 0.379 e. The Morgan fingerprint density at radius 2 is 1.92 bits per heavy atom. The van der Waals surface area contributed by atoms with Crippen LogP contribution in [-0.4, -0.2) is 16.4 Å². The van der Waals surface area contributed by atoms with Gasteiger partial charge in [0.25, 0.3) is 0 Å². The predicted molar refractivity (Wildman–Crippen MR) is 37.0 cm³/mol. The molecule has 1 rings (SSSR count). The molecule has 74 valence electrons. The Labute approximate surface area is 72.1 Å². The zero-order valence-electron chi connectivity index (χ0n) is 7.01. The Bertz CT molecular complexity index is 286. The van der Waals surface area contributed by atoms with E-state index in [1.54, 1.807) is 0 Å². The Kier molecular flexibility index (Phi) is 2.34. The molecule has 0 fully saturated rings. The molecule has 0 aliphatic rings. The molecule has 0 saturated carbocycles. The third kappa shape index (κ3) is 1.82. The number of aromatic nitrogens is 1. The predicted octanol–water partition coefficient (Wildman–Crippen LogP) is 1.89. The van der Waals surface area contributed by atoms with Gasteiger partial charge in [0.15, 0.2) is 6.10 Å². The van der Waals surface area contributed by atoms with E-state index in [4.69, 9.17) is 5.11 Å². The summed E-state index contributed by atoms with van der Waals surface area (Å²) in [4.78, 5) is 0. The van der Waals surface area contributed by atoms with Crippen LogP contribution in [0.25, 0.3) is 0 Å². The highest BCUT2D eigenvalue weighted by atomic mass is 19.4. The van der Waals surface area contributed by atoms with E-state index >= 15 is 0 Å². The molecule has 0 aliphatic carbocycles. The van der Waals surface area contributed by atoms with E-state index in [2.05, 4.69) is 9.68 Å². The Morgan fingerprint density at radius 1 is 1.38 bits per heavy atom. The minimum absolute atomic E-state index is 0.0117. The number of hydrogen-bond donors (Lipinski definition) is 1. The molecule has 3 nitrogen and oxygen atoms in total. The SMILES string of the molecule is Cc1noc(C)c1[C@H](O)C(F)(F)F. The van der Waals surface area contributed by atoms with Crippen molar-refractivity contribution in [3.63, 3.8) is 0 Å². The molecule has 0 saturated heterocycles. The van der Waals surface area contributed by atoms with E-state index in [1.807, 2.05) is 0 Å². The Balaban J connectivity index is 3.08. The molecule has 6 heteroatoms. The number of hydrogen-bond acceptors (Lipinski definition) is 3. The Hall–Kier alpha value is -1.04. The standard InChI is InChI=1S/C7H8F3NO2/c1-3-5(4(2)13-11-3)6(12)7(8,9)10/h6,12H,1-2H3/t6-/m0/s1. The number of aryl methyl sites for hydroxylation is 2. The van der Waals surface area contributed by atoms with E-state index in [0.717, 1.165) is 0 Å². The summed E-state index contributed by atoms with van der Waals surface area (Å²) >= 11 is 0. The van der Waals surface area contributed by atoms with Crippen LogP contribution < -0.4 is 0 Å². The summed E-state index contributed by atoms with van der Waals surface area (Å²) < 4.78 is 40.7. The van der Waals surface area contributed by atoms with Crippen LogP contribution in [-0.2, 0) is 0 Å². The topological polar surface area (TPSA) is 46.3 Å². The van der Waals surface area contributed by atoms with Crippen LogP contribution >= 0.6 is 0 Å². The second-order valence-electron chi connectivity index (χ2n) is 2.68. The Morgan fingerprint density at radius 3 is 2.23 bits per heavy atom. The molecular weight excluding hydrogens is 187 g/mol. The molecule has 0 aromatic carbocycles. The third-order valence-electron chi connectivity index (χ3n) is 1.67. The first-order valence-corrected chi connectivity index (χ1v) is 3.51. The number of aliphatic hydroxyl groups is 1. The molecule has 1 atom stereocenters. The molecule has 0 spiro atoms. The number of aliphatic hydroxyl groups excluding tert-OH is 1. The quantitative estimate of drug-likeness (QED) is 0.744. The van der Waals surface area contributed by atoms with Gasteiger partial charge in [-0.2, -0.15) is 13.2 Å². The first kappa shape index (κ1) is 10.0. The summed E-state index contributed by atoms with van der Waals surface area (Å²) in [6, 6.07) is 0. The van der Waals surface area contributed by atoms with Crippen molar-refractivity contribution >= 4 is 0 Å². The number of alkyl halides is 3. The molecule has 0 radical (unpaired) electrons. The van der Waals surface area contributed by atoms with E-state index in [9.17, 15) is 13.2 Å².